The SMILES string of the molecule is CCCOc1c(OC)cccc1C1C(C(=O)OC)=C(C)N=c2sc(=Cc3cccs3)c(=O)n21. The van der Waals surface area contributed by atoms with Crippen LogP contribution >= 0.6 is 22.7 Å². The lowest BCUT2D eigenvalue weighted by Gasteiger charge is -2.26. The minimum absolute atomic E-state index is 0.227. The molecule has 0 saturated heterocycles. The smallest absolute Gasteiger partial charge is 0.338 e. The number of carbonyl (C=O) groups is 1. The molecule has 1 aromatic carbocycles. The van der Waals surface area contributed by atoms with Gasteiger partial charge in [-0.3, -0.25) is 9.36 Å². The van der Waals surface area contributed by atoms with Gasteiger partial charge in [0.15, 0.2) is 16.3 Å². The van der Waals surface area contributed by atoms with E-state index in [0.717, 1.165) is 11.3 Å². The van der Waals surface area contributed by atoms with E-state index in [1.165, 1.54) is 18.4 Å². The topological polar surface area (TPSA) is 79.1 Å². The largest absolute Gasteiger partial charge is 0.493 e. The van der Waals surface area contributed by atoms with Crippen molar-refractivity contribution in [2.75, 3.05) is 20.8 Å². The Bertz CT molecular complexity index is 1380. The van der Waals surface area contributed by atoms with Gasteiger partial charge < -0.3 is 14.2 Å². The molecule has 3 aromatic rings. The number of aromatic nitrogens is 1. The molecule has 33 heavy (non-hydrogen) atoms. The van der Waals surface area contributed by atoms with Gasteiger partial charge in [-0.25, -0.2) is 9.79 Å². The molecular weight excluding hydrogens is 460 g/mol. The molecule has 1 unspecified atom stereocenters. The summed E-state index contributed by atoms with van der Waals surface area (Å²) >= 11 is 2.84. The van der Waals surface area contributed by atoms with Crippen LogP contribution in [-0.2, 0) is 9.53 Å². The predicted octanol–water partition coefficient (Wildman–Crippen LogP) is 3.27. The van der Waals surface area contributed by atoms with E-state index >= 15 is 0 Å². The molecule has 0 radical (unpaired) electrons. The number of hydrogen-bond donors (Lipinski definition) is 0. The van der Waals surface area contributed by atoms with Crippen LogP contribution in [0.1, 0.15) is 36.8 Å². The van der Waals surface area contributed by atoms with Crippen LogP contribution in [0.5, 0.6) is 11.5 Å². The van der Waals surface area contributed by atoms with Gasteiger partial charge in [-0.1, -0.05) is 36.5 Å². The molecular formula is C24H24N2O5S2. The van der Waals surface area contributed by atoms with Crippen molar-refractivity contribution in [3.63, 3.8) is 0 Å². The van der Waals surface area contributed by atoms with Gasteiger partial charge >= 0.3 is 5.97 Å². The second-order valence-corrected chi connectivity index (χ2v) is 9.30. The Balaban J connectivity index is 2.02. The van der Waals surface area contributed by atoms with Crippen LogP contribution < -0.4 is 24.4 Å². The highest BCUT2D eigenvalue weighted by Crippen LogP contribution is 2.40. The van der Waals surface area contributed by atoms with Gasteiger partial charge in [0.25, 0.3) is 5.56 Å². The maximum absolute atomic E-state index is 13.6. The molecule has 7 nitrogen and oxygen atoms in total. The summed E-state index contributed by atoms with van der Waals surface area (Å²) in [7, 11) is 2.88. The highest BCUT2D eigenvalue weighted by molar-refractivity contribution is 7.11. The molecule has 0 N–H and O–H groups in total. The monoisotopic (exact) mass is 484 g/mol. The molecule has 0 fully saturated rings. The summed E-state index contributed by atoms with van der Waals surface area (Å²) in [6.45, 7) is 4.22. The van der Waals surface area contributed by atoms with Gasteiger partial charge in [-0.05, 0) is 36.9 Å². The van der Waals surface area contributed by atoms with Crippen molar-refractivity contribution in [2.45, 2.75) is 26.3 Å². The second kappa shape index (κ2) is 9.76. The minimum Gasteiger partial charge on any atom is -0.493 e. The van der Waals surface area contributed by atoms with E-state index in [1.807, 2.05) is 42.6 Å². The average molecular weight is 485 g/mol. The number of thiazole rings is 1. The Morgan fingerprint density at radius 3 is 2.73 bits per heavy atom. The molecule has 3 heterocycles. The van der Waals surface area contributed by atoms with Crippen LogP contribution in [0.3, 0.4) is 0 Å². The zero-order valence-corrected chi connectivity index (χ0v) is 20.4. The first-order valence-electron chi connectivity index (χ1n) is 10.4. The number of rotatable bonds is 7. The van der Waals surface area contributed by atoms with Crippen molar-refractivity contribution in [1.82, 2.24) is 4.57 Å². The van der Waals surface area contributed by atoms with Crippen LogP contribution in [0.15, 0.2) is 56.8 Å². The molecule has 9 heteroatoms. The van der Waals surface area contributed by atoms with Crippen molar-refractivity contribution in [3.8, 4) is 11.5 Å². The summed E-state index contributed by atoms with van der Waals surface area (Å²) in [5.74, 6) is 0.481. The molecule has 2 aromatic heterocycles. The van der Waals surface area contributed by atoms with Crippen LogP contribution in [0.25, 0.3) is 6.08 Å². The van der Waals surface area contributed by atoms with Crippen LogP contribution in [0.4, 0.5) is 0 Å². The maximum Gasteiger partial charge on any atom is 0.338 e. The van der Waals surface area contributed by atoms with E-state index in [-0.39, 0.29) is 5.56 Å². The van der Waals surface area contributed by atoms with Crippen molar-refractivity contribution >= 4 is 34.7 Å². The number of allylic oxidation sites excluding steroid dienone is 1. The van der Waals surface area contributed by atoms with Gasteiger partial charge in [0, 0.05) is 10.4 Å². The standard InChI is InChI=1S/C24H24N2O5S2/c1-5-11-31-21-16(9-6-10-17(21)29-3)20-19(23(28)30-4)14(2)25-24-26(20)22(27)18(33-24)13-15-8-7-12-32-15/h6-10,12-13,20H,5,11H2,1-4H3. The zero-order valence-electron chi connectivity index (χ0n) is 18.8. The Hall–Kier alpha value is -3.17. The second-order valence-electron chi connectivity index (χ2n) is 7.32. The zero-order chi connectivity index (χ0) is 23.5. The first-order chi connectivity index (χ1) is 16.0. The van der Waals surface area contributed by atoms with Crippen molar-refractivity contribution < 1.29 is 19.0 Å². The summed E-state index contributed by atoms with van der Waals surface area (Å²) in [5.41, 5.74) is 1.21. The molecule has 0 amide bonds. The number of fused-ring (bicyclic) bond motifs is 1. The lowest BCUT2D eigenvalue weighted by Crippen LogP contribution is -2.40. The van der Waals surface area contributed by atoms with Crippen molar-refractivity contribution in [2.24, 2.45) is 4.99 Å². The Kier molecular flexibility index (Phi) is 6.80. The quantitative estimate of drug-likeness (QED) is 0.481. The first-order valence-corrected chi connectivity index (χ1v) is 12.1. The average Bonchev–Trinajstić information content (AvgIpc) is 3.44. The first kappa shape index (κ1) is 23.0. The molecule has 1 aliphatic rings. The number of nitrogens with zero attached hydrogens (tertiary/aromatic N) is 2. The number of ether oxygens (including phenoxy) is 3. The van der Waals surface area contributed by atoms with E-state index in [0.29, 0.717) is 44.3 Å². The highest BCUT2D eigenvalue weighted by Gasteiger charge is 2.35. The van der Waals surface area contributed by atoms with Gasteiger partial charge in [-0.15, -0.1) is 11.3 Å². The summed E-state index contributed by atoms with van der Waals surface area (Å²) in [5, 5.41) is 1.96. The summed E-state index contributed by atoms with van der Waals surface area (Å²) in [6.07, 6.45) is 2.64. The molecule has 0 aliphatic carbocycles. The van der Waals surface area contributed by atoms with Crippen LogP contribution in [0, 0.1) is 0 Å². The van der Waals surface area contributed by atoms with Crippen LogP contribution in [-0.4, -0.2) is 31.4 Å². The van der Waals surface area contributed by atoms with E-state index < -0.39 is 12.0 Å². The number of esters is 1. The fourth-order valence-electron chi connectivity index (χ4n) is 3.76. The van der Waals surface area contributed by atoms with E-state index in [2.05, 4.69) is 4.99 Å². The minimum atomic E-state index is -0.763. The fraction of sp³-hybridized carbons (Fsp3) is 0.292. The van der Waals surface area contributed by atoms with Gasteiger partial charge in [0.2, 0.25) is 0 Å². The normalized spacial score (nSPS) is 15.8. The third-order valence-corrected chi connectivity index (χ3v) is 7.02. The van der Waals surface area contributed by atoms with E-state index in [4.69, 9.17) is 14.2 Å². The van der Waals surface area contributed by atoms with Crippen LogP contribution in [0.2, 0.25) is 0 Å². The van der Waals surface area contributed by atoms with Gasteiger partial charge in [0.1, 0.15) is 6.04 Å². The number of para-hydroxylation sites is 1. The maximum atomic E-state index is 13.6. The summed E-state index contributed by atoms with van der Waals surface area (Å²) in [6, 6.07) is 8.58. The number of thiophene rings is 1. The highest BCUT2D eigenvalue weighted by atomic mass is 32.1. The summed E-state index contributed by atoms with van der Waals surface area (Å²) in [4.78, 5) is 32.6. The number of methoxy groups -OCH3 is 2. The predicted molar refractivity (Wildman–Crippen MR) is 129 cm³/mol. The molecule has 0 bridgehead atoms. The molecule has 1 aliphatic heterocycles. The number of benzene rings is 1. The number of carbonyl (C=O) groups excluding carboxylic acids is 1. The Morgan fingerprint density at radius 2 is 2.06 bits per heavy atom. The molecule has 0 saturated carbocycles. The van der Waals surface area contributed by atoms with Gasteiger partial charge in [-0.2, -0.15) is 0 Å². The third-order valence-electron chi connectivity index (χ3n) is 5.22. The third kappa shape index (κ3) is 4.26. The molecule has 172 valence electrons. The molecule has 1 atom stereocenters. The van der Waals surface area contributed by atoms with E-state index in [1.54, 1.807) is 36.0 Å². The molecule has 4 rings (SSSR count). The van der Waals surface area contributed by atoms with Crippen molar-refractivity contribution in [3.05, 3.63) is 77.1 Å². The Morgan fingerprint density at radius 1 is 1.24 bits per heavy atom. The summed E-state index contributed by atoms with van der Waals surface area (Å²) < 4.78 is 18.8. The lowest BCUT2D eigenvalue weighted by molar-refractivity contribution is -0.136. The fourth-order valence-corrected chi connectivity index (χ4v) is 5.53. The van der Waals surface area contributed by atoms with Crippen molar-refractivity contribution in [1.29, 1.82) is 0 Å². The lowest BCUT2D eigenvalue weighted by atomic mass is 9.94. The van der Waals surface area contributed by atoms with E-state index in [9.17, 15) is 9.59 Å². The van der Waals surface area contributed by atoms with Gasteiger partial charge in [0.05, 0.1) is 36.6 Å². The molecule has 0 spiro atoms. The Labute approximate surface area is 198 Å². The number of hydrogen-bond acceptors (Lipinski definition) is 8.